The molecule has 0 aliphatic carbocycles. The van der Waals surface area contributed by atoms with Gasteiger partial charge in [-0.1, -0.05) is 0 Å². The van der Waals surface area contributed by atoms with E-state index in [1.165, 1.54) is 0 Å². The fourth-order valence-electron chi connectivity index (χ4n) is 2.61. The Labute approximate surface area is 104 Å². The van der Waals surface area contributed by atoms with E-state index < -0.39 is 19.0 Å². The molecular weight excluding hydrogens is 253 g/mol. The summed E-state index contributed by atoms with van der Waals surface area (Å²) in [5.41, 5.74) is 1.55. The van der Waals surface area contributed by atoms with Gasteiger partial charge in [0.05, 0.1) is 0 Å². The van der Waals surface area contributed by atoms with Gasteiger partial charge in [0.15, 0.2) is 0 Å². The molecule has 1 heterocycles. The van der Waals surface area contributed by atoms with Gasteiger partial charge in [0.25, 0.3) is 0 Å². The quantitative estimate of drug-likeness (QED) is 0.647. The summed E-state index contributed by atoms with van der Waals surface area (Å²) in [5.74, 6) is 2.02. The van der Waals surface area contributed by atoms with Crippen molar-refractivity contribution in [2.75, 3.05) is 0 Å². The standard InChI is InChI=1S/C15H16Ge/c1-11-8-9-13-12-6-4-5-7-14(12)16(2,3)15(13)10-11/h4-10H,1-3H3/i2D3. The Kier molecular flexibility index (Phi) is 1.48. The molecule has 2 aromatic rings. The first-order valence-electron chi connectivity index (χ1n) is 7.07. The molecule has 1 unspecified atom stereocenters. The second-order valence-corrected chi connectivity index (χ2v) is 11.7. The van der Waals surface area contributed by atoms with E-state index >= 15 is 0 Å². The number of hydrogen-bond acceptors (Lipinski definition) is 0. The van der Waals surface area contributed by atoms with Crippen LogP contribution in [-0.2, 0) is 0 Å². The van der Waals surface area contributed by atoms with Crippen molar-refractivity contribution in [1.82, 2.24) is 0 Å². The second kappa shape index (κ2) is 3.24. The fourth-order valence-corrected chi connectivity index (χ4v) is 8.37. The van der Waals surface area contributed by atoms with Gasteiger partial charge >= 0.3 is 104 Å². The average Bonchev–Trinajstić information content (AvgIpc) is 2.61. The summed E-state index contributed by atoms with van der Waals surface area (Å²) in [6.45, 7) is 2.03. The first-order chi connectivity index (χ1) is 8.85. The Morgan fingerprint density at radius 3 is 2.56 bits per heavy atom. The summed E-state index contributed by atoms with van der Waals surface area (Å²) in [5, 5.41) is 0. The zero-order chi connectivity index (χ0) is 13.8. The van der Waals surface area contributed by atoms with E-state index in [0.717, 1.165) is 25.5 Å². The van der Waals surface area contributed by atoms with Gasteiger partial charge in [-0.2, -0.15) is 0 Å². The van der Waals surface area contributed by atoms with Crippen LogP contribution in [0, 0.1) is 6.92 Å². The molecule has 16 heavy (non-hydrogen) atoms. The van der Waals surface area contributed by atoms with Gasteiger partial charge in [0, 0.05) is 0 Å². The molecule has 0 fully saturated rings. The number of benzene rings is 2. The summed E-state index contributed by atoms with van der Waals surface area (Å²) >= 11 is -3.27. The first kappa shape index (κ1) is 7.34. The van der Waals surface area contributed by atoms with Crippen LogP contribution in [0.5, 0.6) is 0 Å². The van der Waals surface area contributed by atoms with Crippen molar-refractivity contribution in [2.45, 2.75) is 18.4 Å². The van der Waals surface area contributed by atoms with Gasteiger partial charge in [0.2, 0.25) is 0 Å². The molecule has 0 bridgehead atoms. The summed E-state index contributed by atoms with van der Waals surface area (Å²) in [6, 6.07) is 14.3. The maximum atomic E-state index is 8.07. The molecule has 0 saturated carbocycles. The van der Waals surface area contributed by atoms with Crippen LogP contribution in [0.3, 0.4) is 0 Å². The number of hydrogen-bond donors (Lipinski definition) is 0. The molecule has 2 aromatic carbocycles. The van der Waals surface area contributed by atoms with Gasteiger partial charge in [-0.15, -0.1) is 0 Å². The van der Waals surface area contributed by atoms with Crippen molar-refractivity contribution in [3.63, 3.8) is 0 Å². The van der Waals surface area contributed by atoms with Crippen LogP contribution in [0.15, 0.2) is 42.5 Å². The van der Waals surface area contributed by atoms with E-state index in [0.29, 0.717) is 0 Å². The van der Waals surface area contributed by atoms with E-state index in [9.17, 15) is 0 Å². The van der Waals surface area contributed by atoms with Gasteiger partial charge in [-0.25, -0.2) is 0 Å². The molecule has 0 saturated heterocycles. The Balaban J connectivity index is 2.42. The van der Waals surface area contributed by atoms with E-state index in [1.54, 1.807) is 0 Å². The summed E-state index contributed by atoms with van der Waals surface area (Å²) in [7, 11) is 0. The molecule has 0 spiro atoms. The molecular formula is C15H16Ge. The van der Waals surface area contributed by atoms with E-state index in [1.807, 2.05) is 30.9 Å². The van der Waals surface area contributed by atoms with Crippen LogP contribution in [0.1, 0.15) is 9.68 Å². The van der Waals surface area contributed by atoms with Gasteiger partial charge in [0.1, 0.15) is 0 Å². The minimum absolute atomic E-state index is 1.10. The van der Waals surface area contributed by atoms with Crippen LogP contribution in [-0.4, -0.2) is 13.3 Å². The molecule has 0 nitrogen and oxygen atoms in total. The molecule has 3 rings (SSSR count). The predicted molar refractivity (Wildman–Crippen MR) is 73.4 cm³/mol. The van der Waals surface area contributed by atoms with Crippen LogP contribution in [0.4, 0.5) is 0 Å². The van der Waals surface area contributed by atoms with E-state index in [4.69, 9.17) is 4.11 Å². The van der Waals surface area contributed by atoms with E-state index in [-0.39, 0.29) is 0 Å². The number of fused-ring (bicyclic) bond motifs is 3. The third-order valence-electron chi connectivity index (χ3n) is 3.47. The molecule has 1 aliphatic heterocycles. The van der Waals surface area contributed by atoms with Crippen molar-refractivity contribution >= 4 is 22.1 Å². The first-order valence-corrected chi connectivity index (χ1v) is 10.8. The third-order valence-corrected chi connectivity index (χ3v) is 9.77. The van der Waals surface area contributed by atoms with Crippen molar-refractivity contribution in [2.24, 2.45) is 0 Å². The molecule has 0 radical (unpaired) electrons. The number of rotatable bonds is 0. The number of aryl methyl sites for hydroxylation is 1. The van der Waals surface area contributed by atoms with E-state index in [2.05, 4.69) is 24.3 Å². The molecule has 1 heteroatoms. The zero-order valence-electron chi connectivity index (χ0n) is 12.5. The Bertz CT molecular complexity index is 661. The SMILES string of the molecule is [2H][C]([2H])([2H])[Ge]1([CH3])[c]2ccccc2-c2ccc(C)c[c]21. The average molecular weight is 272 g/mol. The van der Waals surface area contributed by atoms with Crippen LogP contribution in [0.2, 0.25) is 11.4 Å². The van der Waals surface area contributed by atoms with Crippen LogP contribution >= 0.6 is 0 Å². The predicted octanol–water partition coefficient (Wildman–Crippen LogP) is 2.80. The van der Waals surface area contributed by atoms with Crippen molar-refractivity contribution in [3.8, 4) is 11.1 Å². The van der Waals surface area contributed by atoms with Crippen molar-refractivity contribution < 1.29 is 4.11 Å². The van der Waals surface area contributed by atoms with Gasteiger partial charge in [-0.3, -0.25) is 0 Å². The monoisotopic (exact) mass is 273 g/mol. The van der Waals surface area contributed by atoms with Gasteiger partial charge in [-0.05, 0) is 0 Å². The molecule has 1 aliphatic rings. The minimum atomic E-state index is -3.27. The van der Waals surface area contributed by atoms with Crippen molar-refractivity contribution in [3.05, 3.63) is 48.0 Å². The van der Waals surface area contributed by atoms with Gasteiger partial charge < -0.3 is 0 Å². The second-order valence-electron chi connectivity index (χ2n) is 4.72. The molecule has 0 amide bonds. The third kappa shape index (κ3) is 1.23. The van der Waals surface area contributed by atoms with Crippen LogP contribution in [0.25, 0.3) is 11.1 Å². The van der Waals surface area contributed by atoms with Crippen molar-refractivity contribution in [1.29, 1.82) is 0 Å². The fraction of sp³-hybridized carbons (Fsp3) is 0.200. The Hall–Kier alpha value is -1.02. The molecule has 80 valence electrons. The maximum absolute atomic E-state index is 8.07. The molecule has 1 atom stereocenters. The zero-order valence-corrected chi connectivity index (χ0v) is 11.6. The molecule has 0 N–H and O–H groups in total. The normalized spacial score (nSPS) is 25.2. The summed E-state index contributed by atoms with van der Waals surface area (Å²) in [6.07, 6.45) is 0. The van der Waals surface area contributed by atoms with Crippen LogP contribution < -0.4 is 8.79 Å². The topological polar surface area (TPSA) is 0 Å². The molecule has 0 aromatic heterocycles. The summed E-state index contributed by atoms with van der Waals surface area (Å²) < 4.78 is 26.4. The Morgan fingerprint density at radius 2 is 1.75 bits per heavy atom. The Morgan fingerprint density at radius 1 is 1.00 bits per heavy atom. The summed E-state index contributed by atoms with van der Waals surface area (Å²) in [4.78, 5) is 0.